The molecule has 0 amide bonds. The minimum atomic E-state index is 0.831. The molecule has 0 bridgehead atoms. The minimum absolute atomic E-state index is 0.831. The molecule has 0 aliphatic heterocycles. The summed E-state index contributed by atoms with van der Waals surface area (Å²) in [7, 11) is 0. The third-order valence-corrected chi connectivity index (χ3v) is 4.14. The van der Waals surface area contributed by atoms with Crippen molar-refractivity contribution >= 4 is 31.9 Å². The van der Waals surface area contributed by atoms with Crippen molar-refractivity contribution in [3.8, 4) is 0 Å². The van der Waals surface area contributed by atoms with Crippen LogP contribution >= 0.6 is 31.9 Å². The zero-order chi connectivity index (χ0) is 11.3. The molecular formula is C10H17Br2N3. The van der Waals surface area contributed by atoms with Gasteiger partial charge < -0.3 is 9.88 Å². The van der Waals surface area contributed by atoms with E-state index in [4.69, 9.17) is 0 Å². The highest BCUT2D eigenvalue weighted by Crippen LogP contribution is 2.23. The number of halogens is 2. The summed E-state index contributed by atoms with van der Waals surface area (Å²) < 4.78 is 4.07. The highest BCUT2D eigenvalue weighted by Gasteiger charge is 2.10. The van der Waals surface area contributed by atoms with Crippen molar-refractivity contribution in [1.82, 2.24) is 14.9 Å². The van der Waals surface area contributed by atoms with Crippen LogP contribution in [0.3, 0.4) is 0 Å². The third-order valence-electron chi connectivity index (χ3n) is 2.25. The van der Waals surface area contributed by atoms with Gasteiger partial charge in [0.15, 0.2) is 0 Å². The molecule has 0 aliphatic carbocycles. The van der Waals surface area contributed by atoms with E-state index in [-0.39, 0.29) is 0 Å². The molecule has 3 nitrogen and oxygen atoms in total. The zero-order valence-corrected chi connectivity index (χ0v) is 12.4. The van der Waals surface area contributed by atoms with Crippen LogP contribution in [-0.4, -0.2) is 16.1 Å². The van der Waals surface area contributed by atoms with Crippen molar-refractivity contribution < 1.29 is 0 Å². The number of imidazole rings is 1. The molecule has 1 heterocycles. The largest absolute Gasteiger partial charge is 0.321 e. The molecule has 0 saturated heterocycles. The Balaban J connectivity index is 2.56. The topological polar surface area (TPSA) is 29.9 Å². The lowest BCUT2D eigenvalue weighted by Crippen LogP contribution is -2.18. The minimum Gasteiger partial charge on any atom is -0.321 e. The Morgan fingerprint density at radius 1 is 1.33 bits per heavy atom. The van der Waals surface area contributed by atoms with Gasteiger partial charge in [0.25, 0.3) is 0 Å². The fourth-order valence-electron chi connectivity index (χ4n) is 1.40. The Morgan fingerprint density at radius 2 is 2.07 bits per heavy atom. The summed E-state index contributed by atoms with van der Waals surface area (Å²) in [4.78, 5) is 4.45. The average molecular weight is 339 g/mol. The Hall–Kier alpha value is 0.130. The van der Waals surface area contributed by atoms with E-state index >= 15 is 0 Å². The van der Waals surface area contributed by atoms with E-state index in [1.165, 1.54) is 12.8 Å². The number of nitrogens with zero attached hydrogens (tertiary/aromatic N) is 2. The second kappa shape index (κ2) is 6.66. The SMILES string of the molecule is CCCCNCc1nc(Br)c(Br)n1CC. The van der Waals surface area contributed by atoms with Crippen LogP contribution in [0.1, 0.15) is 32.5 Å². The maximum Gasteiger partial charge on any atom is 0.139 e. The Kier molecular flexibility index (Phi) is 5.86. The quantitative estimate of drug-likeness (QED) is 0.806. The number of hydrogen-bond donors (Lipinski definition) is 1. The lowest BCUT2D eigenvalue weighted by molar-refractivity contribution is 0.589. The summed E-state index contributed by atoms with van der Waals surface area (Å²) in [5.74, 6) is 1.08. The fourth-order valence-corrected chi connectivity index (χ4v) is 2.37. The van der Waals surface area contributed by atoms with Crippen LogP contribution in [0.4, 0.5) is 0 Å². The molecule has 0 atom stereocenters. The Bertz CT molecular complexity index is 310. The Labute approximate surface area is 108 Å². The molecule has 0 unspecified atom stereocenters. The van der Waals surface area contributed by atoms with Crippen molar-refractivity contribution in [2.24, 2.45) is 0 Å². The number of nitrogens with one attached hydrogen (secondary N) is 1. The maximum absolute atomic E-state index is 4.45. The first-order valence-corrected chi connectivity index (χ1v) is 6.90. The van der Waals surface area contributed by atoms with E-state index in [0.717, 1.165) is 34.7 Å². The molecule has 5 heteroatoms. The van der Waals surface area contributed by atoms with E-state index in [1.807, 2.05) is 0 Å². The van der Waals surface area contributed by atoms with Gasteiger partial charge in [-0.3, -0.25) is 0 Å². The molecular weight excluding hydrogens is 322 g/mol. The normalized spacial score (nSPS) is 10.9. The second-order valence-corrected chi connectivity index (χ2v) is 4.89. The molecule has 0 saturated carbocycles. The van der Waals surface area contributed by atoms with Crippen LogP contribution in [0.2, 0.25) is 0 Å². The molecule has 0 fully saturated rings. The van der Waals surface area contributed by atoms with Crippen molar-refractivity contribution in [3.05, 3.63) is 15.0 Å². The van der Waals surface area contributed by atoms with Crippen molar-refractivity contribution in [1.29, 1.82) is 0 Å². The van der Waals surface area contributed by atoms with E-state index in [0.29, 0.717) is 0 Å². The molecule has 0 aromatic carbocycles. The predicted molar refractivity (Wildman–Crippen MR) is 69.9 cm³/mol. The van der Waals surface area contributed by atoms with Gasteiger partial charge in [0.05, 0.1) is 6.54 Å². The molecule has 86 valence electrons. The van der Waals surface area contributed by atoms with Gasteiger partial charge in [0.2, 0.25) is 0 Å². The van der Waals surface area contributed by atoms with E-state index in [2.05, 4.69) is 60.6 Å². The summed E-state index contributed by atoms with van der Waals surface area (Å²) in [6.45, 7) is 7.14. The van der Waals surface area contributed by atoms with Gasteiger partial charge in [-0.15, -0.1) is 0 Å². The summed E-state index contributed by atoms with van der Waals surface area (Å²) >= 11 is 6.93. The van der Waals surface area contributed by atoms with Gasteiger partial charge in [0, 0.05) is 6.54 Å². The van der Waals surface area contributed by atoms with Crippen LogP contribution in [-0.2, 0) is 13.1 Å². The van der Waals surface area contributed by atoms with Gasteiger partial charge >= 0.3 is 0 Å². The van der Waals surface area contributed by atoms with Crippen LogP contribution in [0.5, 0.6) is 0 Å². The van der Waals surface area contributed by atoms with Crippen LogP contribution in [0, 0.1) is 0 Å². The van der Waals surface area contributed by atoms with E-state index in [1.54, 1.807) is 0 Å². The fraction of sp³-hybridized carbons (Fsp3) is 0.700. The summed E-state index contributed by atoms with van der Waals surface area (Å²) in [5.41, 5.74) is 0. The van der Waals surface area contributed by atoms with E-state index < -0.39 is 0 Å². The van der Waals surface area contributed by atoms with Gasteiger partial charge in [-0.1, -0.05) is 13.3 Å². The summed E-state index contributed by atoms with van der Waals surface area (Å²) in [6.07, 6.45) is 2.44. The Morgan fingerprint density at radius 3 is 2.67 bits per heavy atom. The van der Waals surface area contributed by atoms with Crippen molar-refractivity contribution in [2.45, 2.75) is 39.8 Å². The first-order valence-electron chi connectivity index (χ1n) is 5.31. The summed E-state index contributed by atoms with van der Waals surface area (Å²) in [6, 6.07) is 0. The molecule has 0 radical (unpaired) electrons. The lowest BCUT2D eigenvalue weighted by Gasteiger charge is -2.06. The van der Waals surface area contributed by atoms with Crippen LogP contribution in [0.15, 0.2) is 9.21 Å². The highest BCUT2D eigenvalue weighted by atomic mass is 79.9. The van der Waals surface area contributed by atoms with Crippen LogP contribution in [0.25, 0.3) is 0 Å². The van der Waals surface area contributed by atoms with Crippen molar-refractivity contribution in [2.75, 3.05) is 6.54 Å². The molecule has 1 aromatic heterocycles. The average Bonchev–Trinajstić information content (AvgIpc) is 2.50. The third kappa shape index (κ3) is 3.57. The first kappa shape index (κ1) is 13.2. The van der Waals surface area contributed by atoms with Gasteiger partial charge in [-0.25, -0.2) is 4.98 Å². The number of hydrogen-bond acceptors (Lipinski definition) is 2. The van der Waals surface area contributed by atoms with Gasteiger partial charge in [-0.2, -0.15) is 0 Å². The zero-order valence-electron chi connectivity index (χ0n) is 9.19. The molecule has 0 spiro atoms. The molecule has 1 N–H and O–H groups in total. The summed E-state index contributed by atoms with van der Waals surface area (Å²) in [5, 5.41) is 3.39. The second-order valence-electron chi connectivity index (χ2n) is 3.38. The number of aromatic nitrogens is 2. The smallest absolute Gasteiger partial charge is 0.139 e. The molecule has 0 aliphatic rings. The number of rotatable bonds is 6. The van der Waals surface area contributed by atoms with Crippen molar-refractivity contribution in [3.63, 3.8) is 0 Å². The lowest BCUT2D eigenvalue weighted by atomic mass is 10.3. The van der Waals surface area contributed by atoms with E-state index in [9.17, 15) is 0 Å². The standard InChI is InChI=1S/C10H17Br2N3/c1-3-5-6-13-7-8-14-9(11)10(12)15(8)4-2/h13H,3-7H2,1-2H3. The molecule has 15 heavy (non-hydrogen) atoms. The predicted octanol–water partition coefficient (Wildman–Crippen LogP) is 3.32. The van der Waals surface area contributed by atoms with Gasteiger partial charge in [-0.05, 0) is 51.7 Å². The number of unbranched alkanes of at least 4 members (excludes halogenated alkanes) is 1. The highest BCUT2D eigenvalue weighted by molar-refractivity contribution is 9.13. The van der Waals surface area contributed by atoms with Crippen LogP contribution < -0.4 is 5.32 Å². The first-order chi connectivity index (χ1) is 7.20. The molecule has 1 aromatic rings. The van der Waals surface area contributed by atoms with Gasteiger partial charge in [0.1, 0.15) is 15.0 Å². The monoisotopic (exact) mass is 337 g/mol. The molecule has 1 rings (SSSR count). The maximum atomic E-state index is 4.45.